The van der Waals surface area contributed by atoms with Gasteiger partial charge in [0.2, 0.25) is 5.91 Å². The van der Waals surface area contributed by atoms with Crippen LogP contribution in [0.5, 0.6) is 0 Å². The third kappa shape index (κ3) is 3.08. The first-order chi connectivity index (χ1) is 8.40. The summed E-state index contributed by atoms with van der Waals surface area (Å²) in [6, 6.07) is 8.25. The second-order valence-electron chi connectivity index (χ2n) is 4.26. The van der Waals surface area contributed by atoms with Crippen LogP contribution in [-0.2, 0) is 9.53 Å². The lowest BCUT2D eigenvalue weighted by Crippen LogP contribution is -2.29. The van der Waals surface area contributed by atoms with E-state index in [4.69, 9.17) is 5.26 Å². The van der Waals surface area contributed by atoms with Crippen molar-refractivity contribution >= 4 is 17.6 Å². The van der Waals surface area contributed by atoms with Gasteiger partial charge in [-0.05, 0) is 32.0 Å². The number of methoxy groups -OCH3 is 1. The first-order valence-electron chi connectivity index (χ1n) is 5.32. The van der Waals surface area contributed by atoms with E-state index in [-0.39, 0.29) is 0 Å². The zero-order valence-corrected chi connectivity index (χ0v) is 10.5. The molecule has 0 saturated heterocycles. The smallest absolute Gasteiger partial charge is 0.337 e. The lowest BCUT2D eigenvalue weighted by Gasteiger charge is -2.15. The fourth-order valence-electron chi connectivity index (χ4n) is 1.18. The van der Waals surface area contributed by atoms with Crippen LogP contribution in [-0.4, -0.2) is 19.0 Å². The van der Waals surface area contributed by atoms with Gasteiger partial charge in [-0.1, -0.05) is 6.07 Å². The summed E-state index contributed by atoms with van der Waals surface area (Å²) in [5.74, 6) is -0.905. The van der Waals surface area contributed by atoms with Crippen LogP contribution in [0.2, 0.25) is 0 Å². The van der Waals surface area contributed by atoms with E-state index in [0.29, 0.717) is 11.3 Å². The number of carbonyl (C=O) groups is 2. The Balaban J connectivity index is 2.90. The number of hydrogen-bond donors (Lipinski definition) is 1. The summed E-state index contributed by atoms with van der Waals surface area (Å²) in [7, 11) is 1.28. The fraction of sp³-hybridized carbons (Fsp3) is 0.308. The van der Waals surface area contributed by atoms with E-state index in [9.17, 15) is 9.59 Å². The molecule has 0 bridgehead atoms. The second kappa shape index (κ2) is 5.32. The van der Waals surface area contributed by atoms with Gasteiger partial charge in [-0.15, -0.1) is 0 Å². The molecule has 0 radical (unpaired) electrons. The van der Waals surface area contributed by atoms with Gasteiger partial charge in [0.15, 0.2) is 0 Å². The quantitative estimate of drug-likeness (QED) is 0.827. The Morgan fingerprint density at radius 1 is 1.39 bits per heavy atom. The third-order valence-corrected chi connectivity index (χ3v) is 2.39. The lowest BCUT2D eigenvalue weighted by molar-refractivity contribution is -0.121. The van der Waals surface area contributed by atoms with E-state index in [1.807, 2.05) is 6.07 Å². The van der Waals surface area contributed by atoms with Crippen LogP contribution in [0.15, 0.2) is 24.3 Å². The number of hydrogen-bond acceptors (Lipinski definition) is 4. The number of carbonyl (C=O) groups excluding carboxylic acids is 2. The highest BCUT2D eigenvalue weighted by molar-refractivity contribution is 5.98. The first-order valence-corrected chi connectivity index (χ1v) is 5.32. The Morgan fingerprint density at radius 2 is 2.06 bits per heavy atom. The molecule has 0 atom stereocenters. The number of anilines is 1. The Bertz CT molecular complexity index is 515. The van der Waals surface area contributed by atoms with Crippen molar-refractivity contribution in [1.82, 2.24) is 0 Å². The summed E-state index contributed by atoms with van der Waals surface area (Å²) in [6.45, 7) is 3.04. The van der Waals surface area contributed by atoms with Gasteiger partial charge in [0.1, 0.15) is 5.41 Å². The molecule has 1 aromatic carbocycles. The van der Waals surface area contributed by atoms with Crippen molar-refractivity contribution in [3.8, 4) is 6.07 Å². The highest BCUT2D eigenvalue weighted by Gasteiger charge is 2.27. The minimum absolute atomic E-state index is 0.338. The molecule has 0 fully saturated rings. The van der Waals surface area contributed by atoms with Crippen LogP contribution >= 0.6 is 0 Å². The number of nitriles is 1. The molecule has 0 spiro atoms. The van der Waals surface area contributed by atoms with Crippen molar-refractivity contribution in [2.75, 3.05) is 12.4 Å². The molecular formula is C13H14N2O3. The van der Waals surface area contributed by atoms with Crippen molar-refractivity contribution in [3.63, 3.8) is 0 Å². The molecule has 94 valence electrons. The molecule has 0 aromatic heterocycles. The lowest BCUT2D eigenvalue weighted by atomic mass is 9.94. The maximum Gasteiger partial charge on any atom is 0.337 e. The van der Waals surface area contributed by atoms with Crippen molar-refractivity contribution in [1.29, 1.82) is 5.26 Å². The van der Waals surface area contributed by atoms with Crippen molar-refractivity contribution < 1.29 is 14.3 Å². The van der Waals surface area contributed by atoms with Crippen molar-refractivity contribution in [2.45, 2.75) is 13.8 Å². The van der Waals surface area contributed by atoms with Gasteiger partial charge in [-0.25, -0.2) is 4.79 Å². The average Bonchev–Trinajstić information content (AvgIpc) is 2.38. The molecule has 0 saturated carbocycles. The molecule has 0 aliphatic carbocycles. The van der Waals surface area contributed by atoms with Crippen LogP contribution < -0.4 is 5.32 Å². The largest absolute Gasteiger partial charge is 0.465 e. The Kier molecular flexibility index (Phi) is 4.05. The van der Waals surface area contributed by atoms with Gasteiger partial charge in [-0.3, -0.25) is 4.79 Å². The van der Waals surface area contributed by atoms with Crippen LogP contribution in [0, 0.1) is 16.7 Å². The van der Waals surface area contributed by atoms with E-state index >= 15 is 0 Å². The van der Waals surface area contributed by atoms with Gasteiger partial charge < -0.3 is 10.1 Å². The predicted molar refractivity (Wildman–Crippen MR) is 65.8 cm³/mol. The SMILES string of the molecule is COC(=O)c1cccc(NC(=O)C(C)(C)C#N)c1. The first kappa shape index (κ1) is 13.7. The summed E-state index contributed by atoms with van der Waals surface area (Å²) in [4.78, 5) is 23.1. The van der Waals surface area contributed by atoms with Crippen molar-refractivity contribution in [2.24, 2.45) is 5.41 Å². The molecular weight excluding hydrogens is 232 g/mol. The van der Waals surface area contributed by atoms with Crippen LogP contribution in [0.4, 0.5) is 5.69 Å². The van der Waals surface area contributed by atoms with Gasteiger partial charge in [-0.2, -0.15) is 5.26 Å². The van der Waals surface area contributed by atoms with E-state index < -0.39 is 17.3 Å². The van der Waals surface area contributed by atoms with Crippen molar-refractivity contribution in [3.05, 3.63) is 29.8 Å². The van der Waals surface area contributed by atoms with E-state index in [0.717, 1.165) is 0 Å². The predicted octanol–water partition coefficient (Wildman–Crippen LogP) is 1.96. The monoisotopic (exact) mass is 246 g/mol. The minimum atomic E-state index is -1.12. The molecule has 1 rings (SSSR count). The highest BCUT2D eigenvalue weighted by Crippen LogP contribution is 2.18. The number of amides is 1. The third-order valence-electron chi connectivity index (χ3n) is 2.39. The number of nitrogens with one attached hydrogen (secondary N) is 1. The Hall–Kier alpha value is -2.35. The van der Waals surface area contributed by atoms with Gasteiger partial charge in [0.25, 0.3) is 0 Å². The number of ether oxygens (including phenoxy) is 1. The molecule has 18 heavy (non-hydrogen) atoms. The summed E-state index contributed by atoms with van der Waals surface area (Å²) in [5.41, 5.74) is -0.336. The van der Waals surface area contributed by atoms with Gasteiger partial charge in [0.05, 0.1) is 18.7 Å². The van der Waals surface area contributed by atoms with Crippen LogP contribution in [0.3, 0.4) is 0 Å². The van der Waals surface area contributed by atoms with E-state index in [1.165, 1.54) is 27.0 Å². The summed E-state index contributed by atoms with van der Waals surface area (Å²) >= 11 is 0. The molecule has 0 aliphatic heterocycles. The van der Waals surface area contributed by atoms with Crippen LogP contribution in [0.1, 0.15) is 24.2 Å². The van der Waals surface area contributed by atoms with Gasteiger partial charge in [0, 0.05) is 5.69 Å². The minimum Gasteiger partial charge on any atom is -0.465 e. The van der Waals surface area contributed by atoms with E-state index in [2.05, 4.69) is 10.1 Å². The van der Waals surface area contributed by atoms with Crippen LogP contribution in [0.25, 0.3) is 0 Å². The fourth-order valence-corrected chi connectivity index (χ4v) is 1.18. The highest BCUT2D eigenvalue weighted by atomic mass is 16.5. The molecule has 0 heterocycles. The Morgan fingerprint density at radius 3 is 2.61 bits per heavy atom. The second-order valence-corrected chi connectivity index (χ2v) is 4.26. The molecule has 0 aliphatic rings. The average molecular weight is 246 g/mol. The molecule has 0 unspecified atom stereocenters. The molecule has 1 N–H and O–H groups in total. The van der Waals surface area contributed by atoms with E-state index in [1.54, 1.807) is 18.2 Å². The number of esters is 1. The zero-order valence-electron chi connectivity index (χ0n) is 10.5. The number of rotatable bonds is 3. The topological polar surface area (TPSA) is 79.2 Å². The molecule has 5 nitrogen and oxygen atoms in total. The Labute approximate surface area is 105 Å². The zero-order chi connectivity index (χ0) is 13.8. The molecule has 1 amide bonds. The summed E-state index contributed by atoms with van der Waals surface area (Å²) in [6.07, 6.45) is 0. The molecule has 5 heteroatoms. The standard InChI is InChI=1S/C13H14N2O3/c1-13(2,8-14)12(17)15-10-6-4-5-9(7-10)11(16)18-3/h4-7H,1-3H3,(H,15,17). The summed E-state index contributed by atoms with van der Waals surface area (Å²) in [5, 5.41) is 11.4. The number of nitrogens with zero attached hydrogens (tertiary/aromatic N) is 1. The normalized spacial score (nSPS) is 10.3. The van der Waals surface area contributed by atoms with Gasteiger partial charge >= 0.3 is 5.97 Å². The summed E-state index contributed by atoms with van der Waals surface area (Å²) < 4.78 is 4.58. The maximum atomic E-state index is 11.8. The number of benzene rings is 1. The maximum absolute atomic E-state index is 11.8. The molecule has 1 aromatic rings.